The molecule has 0 aliphatic carbocycles. The number of sulfonamides is 1. The molecule has 24 heavy (non-hydrogen) atoms. The van der Waals surface area contributed by atoms with Crippen molar-refractivity contribution in [2.75, 3.05) is 18.5 Å². The lowest BCUT2D eigenvalue weighted by Gasteiger charge is -2.19. The van der Waals surface area contributed by atoms with Gasteiger partial charge in [-0.2, -0.15) is 0 Å². The highest BCUT2D eigenvalue weighted by Gasteiger charge is 2.11. The zero-order valence-corrected chi connectivity index (χ0v) is 14.5. The number of amides is 1. The second-order valence-electron chi connectivity index (χ2n) is 5.03. The second kappa shape index (κ2) is 7.90. The number of likely N-dealkylation sites (N-methyl/N-ethyl adjacent to an activating group) is 1. The normalized spacial score (nSPS) is 11.6. The summed E-state index contributed by atoms with van der Waals surface area (Å²) in [5.74, 6) is -0.129. The van der Waals surface area contributed by atoms with E-state index in [0.29, 0.717) is 6.54 Å². The van der Waals surface area contributed by atoms with E-state index in [2.05, 4.69) is 4.72 Å². The number of para-hydroxylation sites is 1. The van der Waals surface area contributed by atoms with Crippen LogP contribution in [0.4, 0.5) is 5.69 Å². The summed E-state index contributed by atoms with van der Waals surface area (Å²) < 4.78 is 25.6. The van der Waals surface area contributed by atoms with Crippen LogP contribution in [-0.4, -0.2) is 27.9 Å². The van der Waals surface area contributed by atoms with Gasteiger partial charge in [0.1, 0.15) is 0 Å². The van der Waals surface area contributed by atoms with Gasteiger partial charge in [-0.05, 0) is 49.9 Å². The fraction of sp³-hybridized carbons (Fsp3) is 0.167. The summed E-state index contributed by atoms with van der Waals surface area (Å²) in [7, 11) is -2.08. The van der Waals surface area contributed by atoms with E-state index in [1.54, 1.807) is 23.1 Å². The lowest BCUT2D eigenvalue weighted by atomic mass is 10.2. The molecule has 0 bridgehead atoms. The first-order valence-corrected chi connectivity index (χ1v) is 9.04. The van der Waals surface area contributed by atoms with Crippen LogP contribution in [-0.2, 0) is 14.8 Å². The van der Waals surface area contributed by atoms with Crippen molar-refractivity contribution >= 4 is 27.7 Å². The molecule has 0 atom stereocenters. The minimum Gasteiger partial charge on any atom is -0.309 e. The van der Waals surface area contributed by atoms with Crippen LogP contribution in [0.2, 0.25) is 0 Å². The largest absolute Gasteiger partial charge is 0.309 e. The predicted molar refractivity (Wildman–Crippen MR) is 96.2 cm³/mol. The maximum atomic E-state index is 12.4. The van der Waals surface area contributed by atoms with Crippen LogP contribution in [0.1, 0.15) is 12.5 Å². The Morgan fingerprint density at radius 1 is 1.08 bits per heavy atom. The number of hydrogen-bond donors (Lipinski definition) is 1. The molecule has 126 valence electrons. The third kappa shape index (κ3) is 4.31. The van der Waals surface area contributed by atoms with E-state index in [1.807, 2.05) is 37.3 Å². The van der Waals surface area contributed by atoms with Crippen molar-refractivity contribution < 1.29 is 13.2 Å². The van der Waals surface area contributed by atoms with Gasteiger partial charge in [0.05, 0.1) is 4.90 Å². The molecule has 2 aromatic carbocycles. The third-order valence-corrected chi connectivity index (χ3v) is 4.96. The van der Waals surface area contributed by atoms with Gasteiger partial charge in [-0.1, -0.05) is 30.3 Å². The van der Waals surface area contributed by atoms with E-state index in [1.165, 1.54) is 25.3 Å². The molecule has 2 rings (SSSR count). The van der Waals surface area contributed by atoms with E-state index < -0.39 is 10.0 Å². The van der Waals surface area contributed by atoms with Gasteiger partial charge in [0.25, 0.3) is 5.91 Å². The maximum Gasteiger partial charge on any atom is 0.250 e. The van der Waals surface area contributed by atoms with E-state index in [-0.39, 0.29) is 10.8 Å². The van der Waals surface area contributed by atoms with Gasteiger partial charge in [-0.3, -0.25) is 4.79 Å². The molecular weight excluding hydrogens is 324 g/mol. The number of rotatable bonds is 6. The first-order valence-electron chi connectivity index (χ1n) is 7.56. The Labute approximate surface area is 142 Å². The SMILES string of the molecule is CCN(C(=O)/C=C/c1ccc(S(=O)(=O)NC)cc1)c1ccccc1. The molecule has 0 spiro atoms. The first kappa shape index (κ1) is 17.9. The van der Waals surface area contributed by atoms with Gasteiger partial charge < -0.3 is 4.90 Å². The van der Waals surface area contributed by atoms with Crippen molar-refractivity contribution in [3.8, 4) is 0 Å². The molecule has 2 aromatic rings. The van der Waals surface area contributed by atoms with Crippen molar-refractivity contribution in [1.82, 2.24) is 4.72 Å². The highest BCUT2D eigenvalue weighted by molar-refractivity contribution is 7.89. The Morgan fingerprint density at radius 2 is 1.71 bits per heavy atom. The topological polar surface area (TPSA) is 66.5 Å². The standard InChI is InChI=1S/C18H20N2O3S/c1-3-20(16-7-5-4-6-8-16)18(21)14-11-15-9-12-17(13-10-15)24(22,23)19-2/h4-14,19H,3H2,1-2H3/b14-11+. The molecule has 6 heteroatoms. The summed E-state index contributed by atoms with van der Waals surface area (Å²) in [5.41, 5.74) is 1.59. The highest BCUT2D eigenvalue weighted by atomic mass is 32.2. The van der Waals surface area contributed by atoms with Crippen LogP contribution in [0.3, 0.4) is 0 Å². The van der Waals surface area contributed by atoms with Crippen LogP contribution in [0.25, 0.3) is 6.08 Å². The van der Waals surface area contributed by atoms with Gasteiger partial charge >= 0.3 is 0 Å². The van der Waals surface area contributed by atoms with Gasteiger partial charge in [-0.15, -0.1) is 0 Å². The lowest BCUT2D eigenvalue weighted by molar-refractivity contribution is -0.114. The molecule has 0 aliphatic heterocycles. The number of nitrogens with zero attached hydrogens (tertiary/aromatic N) is 1. The molecule has 0 fully saturated rings. The van der Waals surface area contributed by atoms with Gasteiger partial charge in [0.2, 0.25) is 10.0 Å². The number of benzene rings is 2. The van der Waals surface area contributed by atoms with Crippen molar-refractivity contribution in [3.05, 3.63) is 66.2 Å². The second-order valence-corrected chi connectivity index (χ2v) is 6.91. The van der Waals surface area contributed by atoms with Gasteiger partial charge in [0.15, 0.2) is 0 Å². The average Bonchev–Trinajstić information content (AvgIpc) is 2.62. The summed E-state index contributed by atoms with van der Waals surface area (Å²) in [5, 5.41) is 0. The highest BCUT2D eigenvalue weighted by Crippen LogP contribution is 2.15. The smallest absolute Gasteiger partial charge is 0.250 e. The molecule has 0 unspecified atom stereocenters. The Hall–Kier alpha value is -2.44. The molecular formula is C18H20N2O3S. The molecule has 0 radical (unpaired) electrons. The number of anilines is 1. The van der Waals surface area contributed by atoms with E-state index >= 15 is 0 Å². The number of carbonyl (C=O) groups is 1. The monoisotopic (exact) mass is 344 g/mol. The van der Waals surface area contributed by atoms with Crippen molar-refractivity contribution in [3.63, 3.8) is 0 Å². The van der Waals surface area contributed by atoms with Crippen LogP contribution >= 0.6 is 0 Å². The Bertz CT molecular complexity index is 813. The molecule has 0 heterocycles. The number of hydrogen-bond acceptors (Lipinski definition) is 3. The third-order valence-electron chi connectivity index (χ3n) is 3.53. The van der Waals surface area contributed by atoms with E-state index in [9.17, 15) is 13.2 Å². The molecule has 1 N–H and O–H groups in total. The zero-order valence-electron chi connectivity index (χ0n) is 13.6. The summed E-state index contributed by atoms with van der Waals surface area (Å²) >= 11 is 0. The van der Waals surface area contributed by atoms with E-state index in [0.717, 1.165) is 11.3 Å². The van der Waals surface area contributed by atoms with Crippen LogP contribution < -0.4 is 9.62 Å². The lowest BCUT2D eigenvalue weighted by Crippen LogP contribution is -2.28. The molecule has 0 saturated carbocycles. The predicted octanol–water partition coefficient (Wildman–Crippen LogP) is 2.66. The Kier molecular flexibility index (Phi) is 5.89. The summed E-state index contributed by atoms with van der Waals surface area (Å²) in [4.78, 5) is 14.2. The van der Waals surface area contributed by atoms with E-state index in [4.69, 9.17) is 0 Å². The molecule has 0 aromatic heterocycles. The molecule has 0 aliphatic rings. The van der Waals surface area contributed by atoms with Gasteiger partial charge in [-0.25, -0.2) is 13.1 Å². The molecule has 0 saturated heterocycles. The van der Waals surface area contributed by atoms with Gasteiger partial charge in [0, 0.05) is 18.3 Å². The molecule has 5 nitrogen and oxygen atoms in total. The van der Waals surface area contributed by atoms with Crippen molar-refractivity contribution in [2.45, 2.75) is 11.8 Å². The minimum atomic E-state index is -3.45. The average molecular weight is 344 g/mol. The summed E-state index contributed by atoms with van der Waals surface area (Å²) in [6, 6.07) is 15.8. The summed E-state index contributed by atoms with van der Waals surface area (Å²) in [6.07, 6.45) is 3.15. The fourth-order valence-corrected chi connectivity index (χ4v) is 2.94. The molecule has 1 amide bonds. The summed E-state index contributed by atoms with van der Waals surface area (Å²) in [6.45, 7) is 2.47. The van der Waals surface area contributed by atoms with Crippen molar-refractivity contribution in [1.29, 1.82) is 0 Å². The Balaban J connectivity index is 2.14. The maximum absolute atomic E-state index is 12.4. The number of carbonyl (C=O) groups excluding carboxylic acids is 1. The van der Waals surface area contributed by atoms with Crippen molar-refractivity contribution in [2.24, 2.45) is 0 Å². The first-order chi connectivity index (χ1) is 11.5. The Morgan fingerprint density at radius 3 is 2.25 bits per heavy atom. The van der Waals surface area contributed by atoms with Crippen LogP contribution in [0.5, 0.6) is 0 Å². The van der Waals surface area contributed by atoms with Crippen LogP contribution in [0.15, 0.2) is 65.6 Å². The number of nitrogens with one attached hydrogen (secondary N) is 1. The minimum absolute atomic E-state index is 0.129. The quantitative estimate of drug-likeness (QED) is 0.819. The van der Waals surface area contributed by atoms with Crippen LogP contribution in [0, 0.1) is 0 Å². The zero-order chi connectivity index (χ0) is 17.6. The fourth-order valence-electron chi connectivity index (χ4n) is 2.21.